The first-order chi connectivity index (χ1) is 12.6. The van der Waals surface area contributed by atoms with Gasteiger partial charge in [-0.3, -0.25) is 4.79 Å². The zero-order valence-corrected chi connectivity index (χ0v) is 15.5. The summed E-state index contributed by atoms with van der Waals surface area (Å²) in [5, 5.41) is 3.52. The molecule has 136 valence electrons. The number of amides is 1. The largest absolute Gasteiger partial charge is 0.497 e. The minimum Gasteiger partial charge on any atom is -0.497 e. The maximum atomic E-state index is 13.7. The van der Waals surface area contributed by atoms with E-state index in [2.05, 4.69) is 10.3 Å². The summed E-state index contributed by atoms with van der Waals surface area (Å²) < 4.78 is 19.6. The summed E-state index contributed by atoms with van der Waals surface area (Å²) in [4.78, 5) is 18.1. The number of benzene rings is 2. The second kappa shape index (κ2) is 8.14. The van der Waals surface area contributed by atoms with Gasteiger partial charge < -0.3 is 15.0 Å². The average Bonchev–Trinajstić information content (AvgIpc) is 3.08. The Morgan fingerprint density at radius 1 is 1.27 bits per heavy atom. The van der Waals surface area contributed by atoms with Crippen LogP contribution in [0.4, 0.5) is 9.52 Å². The van der Waals surface area contributed by atoms with Crippen molar-refractivity contribution in [1.29, 1.82) is 0 Å². The lowest BCUT2D eigenvalue weighted by atomic mass is 10.1. The molecule has 0 aliphatic carbocycles. The van der Waals surface area contributed by atoms with Gasteiger partial charge in [-0.05, 0) is 36.2 Å². The van der Waals surface area contributed by atoms with E-state index in [0.29, 0.717) is 17.2 Å². The van der Waals surface area contributed by atoms with Gasteiger partial charge in [0.2, 0.25) is 5.91 Å². The van der Waals surface area contributed by atoms with Crippen LogP contribution in [-0.2, 0) is 11.2 Å². The molecule has 0 aliphatic rings. The summed E-state index contributed by atoms with van der Waals surface area (Å²) in [5.74, 6) is 0.370. The Hall–Kier alpha value is -2.67. The predicted molar refractivity (Wildman–Crippen MR) is 103 cm³/mol. The molecule has 1 N–H and O–H groups in total. The molecule has 5 nitrogen and oxygen atoms in total. The number of methoxy groups -OCH3 is 1. The highest BCUT2D eigenvalue weighted by Gasteiger charge is 2.13. The molecule has 2 aromatic carbocycles. The molecule has 1 heterocycles. The smallest absolute Gasteiger partial charge is 0.239 e. The second-order valence-corrected chi connectivity index (χ2v) is 6.90. The number of nitrogens with zero attached hydrogens (tertiary/aromatic N) is 2. The monoisotopic (exact) mass is 373 g/mol. The van der Waals surface area contributed by atoms with E-state index in [1.165, 1.54) is 17.4 Å². The fourth-order valence-electron chi connectivity index (χ4n) is 2.54. The van der Waals surface area contributed by atoms with Crippen LogP contribution in [0.25, 0.3) is 10.2 Å². The molecule has 0 unspecified atom stereocenters. The molecule has 0 fully saturated rings. The number of rotatable bonds is 7. The minimum absolute atomic E-state index is 0.0965. The number of hydrogen-bond donors (Lipinski definition) is 1. The van der Waals surface area contributed by atoms with Gasteiger partial charge in [-0.2, -0.15) is 0 Å². The van der Waals surface area contributed by atoms with Crippen LogP contribution in [0.5, 0.6) is 5.75 Å². The number of carbonyl (C=O) groups is 1. The number of para-hydroxylation sites is 1. The van der Waals surface area contributed by atoms with Crippen LogP contribution in [0.3, 0.4) is 0 Å². The zero-order valence-electron chi connectivity index (χ0n) is 14.7. The molecular weight excluding hydrogens is 353 g/mol. The number of fused-ring (bicyclic) bond motifs is 1. The Bertz CT molecular complexity index is 895. The first-order valence-corrected chi connectivity index (χ1v) is 9.04. The molecule has 0 spiro atoms. The number of thiazole rings is 1. The van der Waals surface area contributed by atoms with E-state index < -0.39 is 0 Å². The van der Waals surface area contributed by atoms with Crippen molar-refractivity contribution < 1.29 is 13.9 Å². The topological polar surface area (TPSA) is 54.5 Å². The van der Waals surface area contributed by atoms with E-state index in [0.717, 1.165) is 22.4 Å². The summed E-state index contributed by atoms with van der Waals surface area (Å²) in [6.07, 6.45) is 0.742. The highest BCUT2D eigenvalue weighted by molar-refractivity contribution is 7.22. The third-order valence-corrected chi connectivity index (χ3v) is 5.10. The molecule has 26 heavy (non-hydrogen) atoms. The van der Waals surface area contributed by atoms with Crippen molar-refractivity contribution in [2.75, 3.05) is 32.1 Å². The van der Waals surface area contributed by atoms with Crippen molar-refractivity contribution in [3.8, 4) is 5.75 Å². The van der Waals surface area contributed by atoms with Crippen LogP contribution in [-0.4, -0.2) is 38.1 Å². The van der Waals surface area contributed by atoms with Crippen molar-refractivity contribution in [1.82, 2.24) is 10.3 Å². The number of ether oxygens (including phenoxy) is 1. The Morgan fingerprint density at radius 3 is 2.73 bits per heavy atom. The van der Waals surface area contributed by atoms with Crippen LogP contribution in [0.1, 0.15) is 5.56 Å². The zero-order chi connectivity index (χ0) is 18.5. The average molecular weight is 373 g/mol. The lowest BCUT2D eigenvalue weighted by Gasteiger charge is -2.15. The lowest BCUT2D eigenvalue weighted by Crippen LogP contribution is -2.36. The highest BCUT2D eigenvalue weighted by atomic mass is 32.1. The van der Waals surface area contributed by atoms with Gasteiger partial charge >= 0.3 is 0 Å². The van der Waals surface area contributed by atoms with Crippen LogP contribution < -0.4 is 15.0 Å². The molecule has 1 amide bonds. The summed E-state index contributed by atoms with van der Waals surface area (Å²) in [6.45, 7) is 0.720. The fourth-order valence-corrected chi connectivity index (χ4v) is 3.48. The molecule has 0 saturated carbocycles. The number of anilines is 1. The fraction of sp³-hybridized carbons (Fsp3) is 0.263. The van der Waals surface area contributed by atoms with Gasteiger partial charge in [0.15, 0.2) is 5.13 Å². The van der Waals surface area contributed by atoms with Crippen molar-refractivity contribution in [2.45, 2.75) is 6.42 Å². The van der Waals surface area contributed by atoms with E-state index in [9.17, 15) is 9.18 Å². The molecule has 0 saturated heterocycles. The summed E-state index contributed by atoms with van der Waals surface area (Å²) in [6, 6.07) is 12.6. The number of likely N-dealkylation sites (N-methyl/N-ethyl adjacent to an activating group) is 1. The number of carbonyl (C=O) groups excluding carboxylic acids is 1. The van der Waals surface area contributed by atoms with E-state index in [4.69, 9.17) is 4.74 Å². The molecule has 0 aliphatic heterocycles. The summed E-state index contributed by atoms with van der Waals surface area (Å²) >= 11 is 1.37. The highest BCUT2D eigenvalue weighted by Crippen LogP contribution is 2.29. The standard InChI is InChI=1S/C19H20FN3O2S/c1-23(19-22-18-15(20)4-3-5-16(18)26-19)12-17(24)21-11-10-13-6-8-14(25-2)9-7-13/h3-9H,10-12H2,1-2H3,(H,21,24). The Morgan fingerprint density at radius 2 is 2.04 bits per heavy atom. The van der Waals surface area contributed by atoms with Gasteiger partial charge in [0.05, 0.1) is 18.4 Å². The quantitative estimate of drug-likeness (QED) is 0.691. The van der Waals surface area contributed by atoms with Gasteiger partial charge in [-0.15, -0.1) is 0 Å². The SMILES string of the molecule is COc1ccc(CCNC(=O)CN(C)c2nc3c(F)cccc3s2)cc1. The van der Waals surface area contributed by atoms with Gasteiger partial charge in [-0.1, -0.05) is 29.5 Å². The van der Waals surface area contributed by atoms with Gasteiger partial charge in [0, 0.05) is 13.6 Å². The Labute approximate surface area is 155 Å². The van der Waals surface area contributed by atoms with Crippen LogP contribution in [0.2, 0.25) is 0 Å². The van der Waals surface area contributed by atoms with Crippen molar-refractivity contribution in [2.24, 2.45) is 0 Å². The molecule has 3 aromatic rings. The molecule has 0 bridgehead atoms. The van der Waals surface area contributed by atoms with E-state index in [1.807, 2.05) is 30.3 Å². The van der Waals surface area contributed by atoms with Crippen LogP contribution in [0, 0.1) is 5.82 Å². The number of halogens is 1. The first-order valence-electron chi connectivity index (χ1n) is 8.22. The van der Waals surface area contributed by atoms with Gasteiger partial charge in [0.25, 0.3) is 0 Å². The van der Waals surface area contributed by atoms with E-state index >= 15 is 0 Å². The maximum absolute atomic E-state index is 13.7. The number of nitrogens with one attached hydrogen (secondary N) is 1. The summed E-state index contributed by atoms with van der Waals surface area (Å²) in [5.41, 5.74) is 1.47. The first kappa shape index (κ1) is 18.1. The van der Waals surface area contributed by atoms with Crippen molar-refractivity contribution in [3.05, 3.63) is 53.8 Å². The van der Waals surface area contributed by atoms with Gasteiger partial charge in [0.1, 0.15) is 17.1 Å². The predicted octanol–water partition coefficient (Wildman–Crippen LogP) is 3.24. The lowest BCUT2D eigenvalue weighted by molar-refractivity contribution is -0.119. The molecule has 0 radical (unpaired) electrons. The van der Waals surface area contributed by atoms with Crippen LogP contribution >= 0.6 is 11.3 Å². The van der Waals surface area contributed by atoms with Crippen molar-refractivity contribution >= 4 is 32.6 Å². The summed E-state index contributed by atoms with van der Waals surface area (Å²) in [7, 11) is 3.41. The number of hydrogen-bond acceptors (Lipinski definition) is 5. The normalized spacial score (nSPS) is 10.7. The van der Waals surface area contributed by atoms with Crippen LogP contribution in [0.15, 0.2) is 42.5 Å². The second-order valence-electron chi connectivity index (χ2n) is 5.89. The number of aromatic nitrogens is 1. The Kier molecular flexibility index (Phi) is 5.68. The third kappa shape index (κ3) is 4.29. The van der Waals surface area contributed by atoms with Gasteiger partial charge in [-0.25, -0.2) is 9.37 Å². The van der Waals surface area contributed by atoms with E-state index in [-0.39, 0.29) is 18.3 Å². The third-order valence-electron chi connectivity index (χ3n) is 3.96. The molecule has 1 aromatic heterocycles. The van der Waals surface area contributed by atoms with E-state index in [1.54, 1.807) is 25.1 Å². The Balaban J connectivity index is 1.51. The molecule has 3 rings (SSSR count). The molecular formula is C19H20FN3O2S. The molecule has 0 atom stereocenters. The minimum atomic E-state index is -0.345. The molecule has 7 heteroatoms. The van der Waals surface area contributed by atoms with Crippen molar-refractivity contribution in [3.63, 3.8) is 0 Å². The maximum Gasteiger partial charge on any atom is 0.239 e.